The van der Waals surface area contributed by atoms with Crippen molar-refractivity contribution in [1.29, 1.82) is 0 Å². The first kappa shape index (κ1) is 15.9. The number of sulfonamides is 1. The van der Waals surface area contributed by atoms with E-state index in [0.29, 0.717) is 5.56 Å². The lowest BCUT2D eigenvalue weighted by molar-refractivity contribution is 0.465. The molecule has 0 saturated carbocycles. The largest absolute Gasteiger partial charge is 0.265 e. The average molecular weight is 329 g/mol. The van der Waals surface area contributed by atoms with E-state index in [9.17, 15) is 12.8 Å². The number of halogens is 2. The summed E-state index contributed by atoms with van der Waals surface area (Å²) < 4.78 is 39.6. The molecule has 2 aromatic rings. The summed E-state index contributed by atoms with van der Waals surface area (Å²) in [4.78, 5) is 3.77. The van der Waals surface area contributed by atoms with E-state index in [2.05, 4.69) is 4.98 Å². The molecule has 0 spiro atoms. The fourth-order valence-electron chi connectivity index (χ4n) is 1.88. The molecule has 112 valence electrons. The summed E-state index contributed by atoms with van der Waals surface area (Å²) >= 11 is 5.74. The van der Waals surface area contributed by atoms with E-state index in [1.807, 2.05) is 0 Å². The first-order valence-electron chi connectivity index (χ1n) is 6.15. The van der Waals surface area contributed by atoms with Crippen molar-refractivity contribution in [3.05, 3.63) is 59.7 Å². The summed E-state index contributed by atoms with van der Waals surface area (Å²) in [6.07, 6.45) is 3.17. The highest BCUT2D eigenvalue weighted by atomic mass is 35.5. The molecule has 0 aliphatic carbocycles. The minimum absolute atomic E-state index is 0.00204. The molecule has 1 aromatic carbocycles. The van der Waals surface area contributed by atoms with Crippen LogP contribution in [0, 0.1) is 5.82 Å². The molecule has 0 amide bonds. The van der Waals surface area contributed by atoms with Crippen LogP contribution in [-0.2, 0) is 22.4 Å². The van der Waals surface area contributed by atoms with Crippen LogP contribution in [0.5, 0.6) is 0 Å². The van der Waals surface area contributed by atoms with E-state index >= 15 is 0 Å². The molecule has 0 fully saturated rings. The van der Waals surface area contributed by atoms with E-state index in [4.69, 9.17) is 11.6 Å². The Morgan fingerprint density at radius 2 is 1.90 bits per heavy atom. The number of alkyl halides is 1. The van der Waals surface area contributed by atoms with Crippen molar-refractivity contribution in [2.45, 2.75) is 17.3 Å². The van der Waals surface area contributed by atoms with Crippen molar-refractivity contribution in [2.75, 3.05) is 7.05 Å². The molecule has 2 rings (SSSR count). The van der Waals surface area contributed by atoms with Gasteiger partial charge in [0.15, 0.2) is 0 Å². The molecule has 1 aromatic heterocycles. The molecule has 0 atom stereocenters. The molecule has 0 aliphatic rings. The maximum atomic E-state index is 13.4. The van der Waals surface area contributed by atoms with Crippen LogP contribution in [0.15, 0.2) is 47.6 Å². The first-order chi connectivity index (χ1) is 9.95. The maximum absolute atomic E-state index is 13.4. The predicted octanol–water partition coefficient (Wildman–Crippen LogP) is 2.78. The van der Waals surface area contributed by atoms with Crippen molar-refractivity contribution in [2.24, 2.45) is 0 Å². The number of rotatable bonds is 5. The number of aromatic nitrogens is 1. The number of nitrogens with zero attached hydrogens (tertiary/aromatic N) is 2. The van der Waals surface area contributed by atoms with Gasteiger partial charge in [-0.25, -0.2) is 12.8 Å². The Labute approximate surface area is 128 Å². The van der Waals surface area contributed by atoms with Crippen molar-refractivity contribution in [3.8, 4) is 0 Å². The second-order valence-electron chi connectivity index (χ2n) is 4.50. The molecule has 0 unspecified atom stereocenters. The molecule has 0 radical (unpaired) electrons. The Balaban J connectivity index is 2.35. The predicted molar refractivity (Wildman–Crippen MR) is 78.8 cm³/mol. The summed E-state index contributed by atoms with van der Waals surface area (Å²) in [7, 11) is -2.37. The van der Waals surface area contributed by atoms with Crippen molar-refractivity contribution < 1.29 is 12.8 Å². The molecule has 21 heavy (non-hydrogen) atoms. The Morgan fingerprint density at radius 1 is 1.24 bits per heavy atom. The summed E-state index contributed by atoms with van der Waals surface area (Å²) in [5, 5.41) is 0. The van der Waals surface area contributed by atoms with Crippen LogP contribution in [0.2, 0.25) is 0 Å². The first-order valence-corrected chi connectivity index (χ1v) is 8.12. The van der Waals surface area contributed by atoms with Crippen LogP contribution < -0.4 is 0 Å². The average Bonchev–Trinajstić information content (AvgIpc) is 2.48. The third-order valence-electron chi connectivity index (χ3n) is 3.02. The zero-order valence-corrected chi connectivity index (χ0v) is 12.9. The normalized spacial score (nSPS) is 11.8. The van der Waals surface area contributed by atoms with E-state index in [-0.39, 0.29) is 17.3 Å². The summed E-state index contributed by atoms with van der Waals surface area (Å²) in [6, 6.07) is 7.02. The molecule has 7 heteroatoms. The van der Waals surface area contributed by atoms with Crippen LogP contribution in [0.3, 0.4) is 0 Å². The molecule has 0 saturated heterocycles. The van der Waals surface area contributed by atoms with Gasteiger partial charge in [-0.05, 0) is 35.4 Å². The summed E-state index contributed by atoms with van der Waals surface area (Å²) in [6.45, 7) is 0.170. The number of pyridine rings is 1. The van der Waals surface area contributed by atoms with E-state index in [0.717, 1.165) is 15.9 Å². The molecule has 0 aliphatic heterocycles. The quantitative estimate of drug-likeness (QED) is 0.793. The molecule has 0 bridgehead atoms. The zero-order chi connectivity index (χ0) is 15.5. The van der Waals surface area contributed by atoms with Gasteiger partial charge in [0.05, 0.1) is 4.90 Å². The number of benzene rings is 1. The van der Waals surface area contributed by atoms with Crippen molar-refractivity contribution >= 4 is 21.6 Å². The van der Waals surface area contributed by atoms with Gasteiger partial charge in [-0.15, -0.1) is 11.6 Å². The van der Waals surface area contributed by atoms with Gasteiger partial charge in [0.1, 0.15) is 5.82 Å². The molecular formula is C14H14ClFN2O2S. The van der Waals surface area contributed by atoms with Gasteiger partial charge < -0.3 is 0 Å². The third kappa shape index (κ3) is 3.58. The van der Waals surface area contributed by atoms with Gasteiger partial charge in [-0.1, -0.05) is 6.07 Å². The fraction of sp³-hybridized carbons (Fsp3) is 0.214. The van der Waals surface area contributed by atoms with Gasteiger partial charge in [0.25, 0.3) is 0 Å². The Hall–Kier alpha value is -1.50. The highest BCUT2D eigenvalue weighted by Gasteiger charge is 2.24. The van der Waals surface area contributed by atoms with Crippen LogP contribution in [0.1, 0.15) is 11.1 Å². The van der Waals surface area contributed by atoms with Crippen molar-refractivity contribution in [3.63, 3.8) is 0 Å². The van der Waals surface area contributed by atoms with Gasteiger partial charge >= 0.3 is 0 Å². The zero-order valence-electron chi connectivity index (χ0n) is 11.3. The Bertz CT molecular complexity index is 723. The highest BCUT2D eigenvalue weighted by molar-refractivity contribution is 7.89. The standard InChI is InChI=1S/C14H14ClFN2O2S/c1-18(10-11-4-6-17-7-5-11)21(19,20)14-8-13(16)3-2-12(14)9-15/h2-8H,9-10H2,1H3. The lowest BCUT2D eigenvalue weighted by Crippen LogP contribution is -2.27. The second kappa shape index (κ2) is 6.51. The third-order valence-corrected chi connectivity index (χ3v) is 5.19. The lowest BCUT2D eigenvalue weighted by atomic mass is 10.2. The Kier molecular flexibility index (Phi) is 4.92. The SMILES string of the molecule is CN(Cc1ccncc1)S(=O)(=O)c1cc(F)ccc1CCl. The summed E-state index contributed by atoms with van der Waals surface area (Å²) in [5.74, 6) is -0.613. The van der Waals surface area contributed by atoms with Crippen LogP contribution >= 0.6 is 11.6 Å². The van der Waals surface area contributed by atoms with Gasteiger partial charge in [-0.2, -0.15) is 4.31 Å². The van der Waals surface area contributed by atoms with E-state index < -0.39 is 15.8 Å². The highest BCUT2D eigenvalue weighted by Crippen LogP contribution is 2.23. The molecule has 0 N–H and O–H groups in total. The minimum Gasteiger partial charge on any atom is -0.265 e. The molecular weight excluding hydrogens is 315 g/mol. The smallest absolute Gasteiger partial charge is 0.243 e. The molecule has 4 nitrogen and oxygen atoms in total. The van der Waals surface area contributed by atoms with Gasteiger partial charge in [0, 0.05) is 31.9 Å². The van der Waals surface area contributed by atoms with E-state index in [1.54, 1.807) is 24.5 Å². The van der Waals surface area contributed by atoms with E-state index in [1.165, 1.54) is 19.2 Å². The van der Waals surface area contributed by atoms with Gasteiger partial charge in [-0.3, -0.25) is 4.98 Å². The maximum Gasteiger partial charge on any atom is 0.243 e. The second-order valence-corrected chi connectivity index (χ2v) is 6.78. The Morgan fingerprint density at radius 3 is 2.52 bits per heavy atom. The number of hydrogen-bond acceptors (Lipinski definition) is 3. The van der Waals surface area contributed by atoms with Crippen LogP contribution in [0.4, 0.5) is 4.39 Å². The summed E-state index contributed by atoms with van der Waals surface area (Å²) in [5.41, 5.74) is 1.17. The van der Waals surface area contributed by atoms with Crippen LogP contribution in [0.25, 0.3) is 0 Å². The minimum atomic E-state index is -3.81. The lowest BCUT2D eigenvalue weighted by Gasteiger charge is -2.19. The number of hydrogen-bond donors (Lipinski definition) is 0. The van der Waals surface area contributed by atoms with Crippen LogP contribution in [-0.4, -0.2) is 24.8 Å². The van der Waals surface area contributed by atoms with Gasteiger partial charge in [0.2, 0.25) is 10.0 Å². The molecule has 1 heterocycles. The monoisotopic (exact) mass is 328 g/mol. The van der Waals surface area contributed by atoms with Crippen molar-refractivity contribution in [1.82, 2.24) is 9.29 Å². The fourth-order valence-corrected chi connectivity index (χ4v) is 3.58. The topological polar surface area (TPSA) is 50.3 Å².